The number of alkyl halides is 3. The molecule has 1 aromatic carbocycles. The Kier molecular flexibility index (Phi) is 7.54. The molecule has 0 bridgehead atoms. The number of aromatic amines is 1. The zero-order valence-corrected chi connectivity index (χ0v) is 17.4. The highest BCUT2D eigenvalue weighted by Crippen LogP contribution is 2.32. The summed E-state index contributed by atoms with van der Waals surface area (Å²) in [4.78, 5) is 29.9. The van der Waals surface area contributed by atoms with E-state index < -0.39 is 17.9 Å². The Morgan fingerprint density at radius 2 is 2.00 bits per heavy atom. The average molecular weight is 486 g/mol. The number of hydrogen-bond donors (Lipinski definition) is 2. The van der Waals surface area contributed by atoms with Gasteiger partial charge in [0.1, 0.15) is 11.4 Å². The van der Waals surface area contributed by atoms with Crippen LogP contribution < -0.4 is 20.3 Å². The second-order valence-electron chi connectivity index (χ2n) is 6.62. The van der Waals surface area contributed by atoms with Crippen LogP contribution in [0.3, 0.4) is 0 Å². The summed E-state index contributed by atoms with van der Waals surface area (Å²) in [6.45, 7) is 0.478. The zero-order chi connectivity index (χ0) is 24.0. The van der Waals surface area contributed by atoms with Crippen molar-refractivity contribution in [3.05, 3.63) is 87.3 Å². The van der Waals surface area contributed by atoms with Gasteiger partial charge in [-0.3, -0.25) is 14.6 Å². The summed E-state index contributed by atoms with van der Waals surface area (Å²) < 4.78 is 55.9. The maximum absolute atomic E-state index is 12.5. The lowest BCUT2D eigenvalue weighted by atomic mass is 10.1. The Bertz CT molecular complexity index is 1170. The quantitative estimate of drug-likeness (QED) is 0.536. The highest BCUT2D eigenvalue weighted by molar-refractivity contribution is 6.30. The fourth-order valence-corrected chi connectivity index (χ4v) is 2.97. The molecular formula is C21H16ClF4N3O4. The molecule has 1 amide bonds. The number of nitrogens with zero attached hydrogens (tertiary/aromatic N) is 1. The van der Waals surface area contributed by atoms with Gasteiger partial charge in [0.05, 0.1) is 23.2 Å². The van der Waals surface area contributed by atoms with Crippen LogP contribution in [0.15, 0.2) is 59.7 Å². The fraction of sp³-hybridized carbons (Fsp3) is 0.190. The van der Waals surface area contributed by atoms with Crippen LogP contribution in [0.4, 0.5) is 17.6 Å². The van der Waals surface area contributed by atoms with E-state index >= 15 is 0 Å². The standard InChI is InChI=1S/C14H12ClN3O3.C7H4F4O/c15-9-5-11-13(17-7-9)10(3-4-21-11)18-14(20)8-1-2-12(19)16-6-8;8-5-3-1-2-4-6(5)12-7(9,10)11/h1-2,5-7,10H,3-4H2,(H,16,19)(H,18,20);1-4H. The van der Waals surface area contributed by atoms with E-state index in [-0.39, 0.29) is 17.5 Å². The number of amides is 1. The van der Waals surface area contributed by atoms with E-state index in [9.17, 15) is 27.2 Å². The van der Waals surface area contributed by atoms with Gasteiger partial charge in [-0.2, -0.15) is 0 Å². The molecule has 1 aliphatic rings. The maximum Gasteiger partial charge on any atom is 0.573 e. The summed E-state index contributed by atoms with van der Waals surface area (Å²) in [5.74, 6) is -1.54. The lowest BCUT2D eigenvalue weighted by Gasteiger charge is -2.25. The lowest BCUT2D eigenvalue weighted by molar-refractivity contribution is -0.275. The van der Waals surface area contributed by atoms with Gasteiger partial charge in [-0.25, -0.2) is 4.39 Å². The number of carbonyl (C=O) groups is 1. The van der Waals surface area contributed by atoms with Crippen LogP contribution in [0.2, 0.25) is 5.02 Å². The second-order valence-corrected chi connectivity index (χ2v) is 7.06. The van der Waals surface area contributed by atoms with E-state index in [0.29, 0.717) is 35.1 Å². The minimum atomic E-state index is -4.85. The number of nitrogens with one attached hydrogen (secondary N) is 2. The van der Waals surface area contributed by atoms with Crippen molar-refractivity contribution in [2.75, 3.05) is 6.61 Å². The van der Waals surface area contributed by atoms with Gasteiger partial charge in [0.25, 0.3) is 5.91 Å². The van der Waals surface area contributed by atoms with Crippen LogP contribution in [0.25, 0.3) is 0 Å². The van der Waals surface area contributed by atoms with Crippen LogP contribution in [-0.4, -0.2) is 28.8 Å². The van der Waals surface area contributed by atoms with Crippen molar-refractivity contribution in [1.82, 2.24) is 15.3 Å². The first-order valence-corrected chi connectivity index (χ1v) is 9.78. The molecule has 7 nitrogen and oxygen atoms in total. The molecule has 3 heterocycles. The van der Waals surface area contributed by atoms with E-state index in [1.54, 1.807) is 6.07 Å². The number of para-hydroxylation sites is 1. The predicted octanol–water partition coefficient (Wildman–Crippen LogP) is 4.40. The molecule has 2 N–H and O–H groups in total. The van der Waals surface area contributed by atoms with E-state index in [2.05, 4.69) is 20.0 Å². The van der Waals surface area contributed by atoms with E-state index in [1.165, 1.54) is 36.7 Å². The maximum atomic E-state index is 12.5. The van der Waals surface area contributed by atoms with Crippen molar-refractivity contribution in [2.24, 2.45) is 0 Å². The molecule has 0 fully saturated rings. The third kappa shape index (κ3) is 6.94. The van der Waals surface area contributed by atoms with Crippen LogP contribution in [-0.2, 0) is 0 Å². The Hall–Kier alpha value is -3.60. The number of H-pyrrole nitrogens is 1. The molecule has 0 radical (unpaired) electrons. The number of rotatable bonds is 3. The monoisotopic (exact) mass is 485 g/mol. The van der Waals surface area contributed by atoms with Gasteiger partial charge in [0.2, 0.25) is 5.56 Å². The summed E-state index contributed by atoms with van der Waals surface area (Å²) in [6.07, 6.45) is -1.32. The average Bonchev–Trinajstić information content (AvgIpc) is 2.75. The molecule has 1 aliphatic heterocycles. The van der Waals surface area contributed by atoms with Crippen molar-refractivity contribution >= 4 is 17.5 Å². The number of fused-ring (bicyclic) bond motifs is 1. The Morgan fingerprint density at radius 1 is 1.24 bits per heavy atom. The van der Waals surface area contributed by atoms with E-state index in [0.717, 1.165) is 12.1 Å². The van der Waals surface area contributed by atoms with Crippen LogP contribution in [0.1, 0.15) is 28.5 Å². The summed E-state index contributed by atoms with van der Waals surface area (Å²) in [6, 6.07) is 8.55. The highest BCUT2D eigenvalue weighted by atomic mass is 35.5. The summed E-state index contributed by atoms with van der Waals surface area (Å²) >= 11 is 5.88. The predicted molar refractivity (Wildman–Crippen MR) is 110 cm³/mol. The van der Waals surface area contributed by atoms with Crippen molar-refractivity contribution in [1.29, 1.82) is 0 Å². The Labute approximate surface area is 189 Å². The molecule has 174 valence electrons. The van der Waals surface area contributed by atoms with E-state index in [4.69, 9.17) is 16.3 Å². The van der Waals surface area contributed by atoms with Crippen molar-refractivity contribution in [3.8, 4) is 11.5 Å². The van der Waals surface area contributed by atoms with Crippen LogP contribution >= 0.6 is 11.6 Å². The summed E-state index contributed by atoms with van der Waals surface area (Å²) in [7, 11) is 0. The number of pyridine rings is 2. The highest BCUT2D eigenvalue weighted by Gasteiger charge is 2.32. The van der Waals surface area contributed by atoms with Crippen LogP contribution in [0.5, 0.6) is 11.5 Å². The molecular weight excluding hydrogens is 470 g/mol. The molecule has 0 aliphatic carbocycles. The Morgan fingerprint density at radius 3 is 2.67 bits per heavy atom. The van der Waals surface area contributed by atoms with Crippen molar-refractivity contribution in [2.45, 2.75) is 18.8 Å². The number of benzene rings is 1. The first-order valence-electron chi connectivity index (χ1n) is 9.40. The fourth-order valence-electron chi connectivity index (χ4n) is 2.82. The van der Waals surface area contributed by atoms with Gasteiger partial charge < -0.3 is 19.8 Å². The largest absolute Gasteiger partial charge is 0.573 e. The number of ether oxygens (including phenoxy) is 2. The number of hydrogen-bond acceptors (Lipinski definition) is 5. The molecule has 0 spiro atoms. The third-order valence-electron chi connectivity index (χ3n) is 4.26. The lowest BCUT2D eigenvalue weighted by Crippen LogP contribution is -2.33. The Balaban J connectivity index is 0.000000218. The van der Waals surface area contributed by atoms with Gasteiger partial charge in [-0.15, -0.1) is 13.2 Å². The molecule has 0 saturated carbocycles. The smallest absolute Gasteiger partial charge is 0.491 e. The number of aromatic nitrogens is 2. The van der Waals surface area contributed by atoms with Gasteiger partial charge in [-0.1, -0.05) is 23.7 Å². The molecule has 12 heteroatoms. The van der Waals surface area contributed by atoms with Gasteiger partial charge in [0, 0.05) is 30.9 Å². The first kappa shape index (κ1) is 24.1. The minimum Gasteiger partial charge on any atom is -0.491 e. The van der Waals surface area contributed by atoms with Gasteiger partial charge in [-0.05, 0) is 18.2 Å². The van der Waals surface area contributed by atoms with E-state index in [1.807, 2.05) is 0 Å². The second kappa shape index (κ2) is 10.3. The molecule has 3 aromatic rings. The normalized spacial score (nSPS) is 14.8. The first-order chi connectivity index (χ1) is 15.6. The van der Waals surface area contributed by atoms with Gasteiger partial charge in [0.15, 0.2) is 11.6 Å². The third-order valence-corrected chi connectivity index (χ3v) is 4.46. The minimum absolute atomic E-state index is 0.245. The number of carbonyl (C=O) groups excluding carboxylic acids is 1. The topological polar surface area (TPSA) is 93.3 Å². The van der Waals surface area contributed by atoms with Crippen molar-refractivity contribution < 1.29 is 31.8 Å². The van der Waals surface area contributed by atoms with Crippen molar-refractivity contribution in [3.63, 3.8) is 0 Å². The summed E-state index contributed by atoms with van der Waals surface area (Å²) in [5.41, 5.74) is 0.791. The van der Waals surface area contributed by atoms with Gasteiger partial charge >= 0.3 is 6.36 Å². The molecule has 1 atom stereocenters. The molecule has 2 aromatic heterocycles. The molecule has 4 rings (SSSR count). The summed E-state index contributed by atoms with van der Waals surface area (Å²) in [5, 5.41) is 3.37. The SMILES string of the molecule is Fc1ccccc1OC(F)(F)F.O=C(NC1CCOc2cc(Cl)cnc21)c1ccc(=O)[nH]c1. The number of halogens is 5. The zero-order valence-electron chi connectivity index (χ0n) is 16.7. The van der Waals surface area contributed by atoms with Crippen LogP contribution in [0, 0.1) is 5.82 Å². The molecule has 0 saturated heterocycles. The molecule has 1 unspecified atom stereocenters. The molecule has 33 heavy (non-hydrogen) atoms.